The lowest BCUT2D eigenvalue weighted by Gasteiger charge is -2.38. The Morgan fingerprint density at radius 1 is 1.22 bits per heavy atom. The molecule has 1 N–H and O–H groups in total. The number of likely N-dealkylation sites (tertiary alicyclic amines) is 1. The molecule has 1 aliphatic rings. The molecule has 4 heteroatoms. The Bertz CT molecular complexity index is 539. The molecule has 1 aliphatic heterocycles. The number of rotatable bonds is 6. The number of aliphatic carboxylic acids is 1. The molecule has 1 fully saturated rings. The van der Waals surface area contributed by atoms with Gasteiger partial charge in [-0.25, -0.2) is 0 Å². The van der Waals surface area contributed by atoms with Crippen LogP contribution in [0.3, 0.4) is 0 Å². The molecule has 1 atom stereocenters. The van der Waals surface area contributed by atoms with Crippen molar-refractivity contribution in [3.63, 3.8) is 0 Å². The van der Waals surface area contributed by atoms with Crippen molar-refractivity contribution in [3.05, 3.63) is 35.9 Å². The van der Waals surface area contributed by atoms with Gasteiger partial charge in [-0.05, 0) is 36.7 Å². The number of amides is 1. The maximum Gasteiger partial charge on any atom is 0.303 e. The predicted molar refractivity (Wildman–Crippen MR) is 90.3 cm³/mol. The highest BCUT2D eigenvalue weighted by Crippen LogP contribution is 2.30. The zero-order valence-electron chi connectivity index (χ0n) is 14.1. The average Bonchev–Trinajstić information content (AvgIpc) is 2.53. The molecule has 0 bridgehead atoms. The number of hydrogen-bond donors (Lipinski definition) is 1. The molecule has 4 nitrogen and oxygen atoms in total. The van der Waals surface area contributed by atoms with Crippen LogP contribution in [-0.4, -0.2) is 34.5 Å². The second-order valence-corrected chi connectivity index (χ2v) is 7.10. The van der Waals surface area contributed by atoms with Gasteiger partial charge in [0.05, 0.1) is 0 Å². The van der Waals surface area contributed by atoms with E-state index < -0.39 is 5.97 Å². The summed E-state index contributed by atoms with van der Waals surface area (Å²) in [5.41, 5.74) is 0.945. The van der Waals surface area contributed by atoms with E-state index in [4.69, 9.17) is 5.11 Å². The summed E-state index contributed by atoms with van der Waals surface area (Å²) in [6.07, 6.45) is 4.17. The molecular formula is C19H27NO3. The predicted octanol–water partition coefficient (Wildman–Crippen LogP) is 3.60. The molecule has 126 valence electrons. The summed E-state index contributed by atoms with van der Waals surface area (Å²) in [4.78, 5) is 25.6. The molecule has 0 aromatic heterocycles. The molecule has 1 amide bonds. The van der Waals surface area contributed by atoms with Gasteiger partial charge in [-0.15, -0.1) is 0 Å². The van der Waals surface area contributed by atoms with Crippen LogP contribution in [0.4, 0.5) is 0 Å². The summed E-state index contributed by atoms with van der Waals surface area (Å²) in [6, 6.07) is 10.2. The van der Waals surface area contributed by atoms with Crippen molar-refractivity contribution >= 4 is 11.9 Å². The maximum absolute atomic E-state index is 12.8. The number of carboxylic acids is 1. The molecule has 1 aromatic rings. The topological polar surface area (TPSA) is 57.6 Å². The van der Waals surface area contributed by atoms with Gasteiger partial charge >= 0.3 is 5.97 Å². The second kappa shape index (κ2) is 7.62. The Morgan fingerprint density at radius 3 is 2.57 bits per heavy atom. The summed E-state index contributed by atoms with van der Waals surface area (Å²) < 4.78 is 0. The van der Waals surface area contributed by atoms with Gasteiger partial charge in [0, 0.05) is 25.4 Å². The SMILES string of the molecule is CC(C)(CC(=O)N1CCCCC1CCC(=O)O)c1ccccc1. The van der Waals surface area contributed by atoms with Crippen LogP contribution in [-0.2, 0) is 15.0 Å². The van der Waals surface area contributed by atoms with Crippen molar-refractivity contribution < 1.29 is 14.7 Å². The van der Waals surface area contributed by atoms with Gasteiger partial charge in [0.25, 0.3) is 0 Å². The van der Waals surface area contributed by atoms with Crippen LogP contribution < -0.4 is 0 Å². The Kier molecular flexibility index (Phi) is 5.80. The first kappa shape index (κ1) is 17.5. The number of carboxylic acid groups (broad SMARTS) is 1. The van der Waals surface area contributed by atoms with Crippen LogP contribution in [0.5, 0.6) is 0 Å². The van der Waals surface area contributed by atoms with E-state index in [0.717, 1.165) is 31.4 Å². The third-order valence-corrected chi connectivity index (χ3v) is 4.79. The van der Waals surface area contributed by atoms with Gasteiger partial charge in [0.2, 0.25) is 5.91 Å². The Labute approximate surface area is 138 Å². The van der Waals surface area contributed by atoms with Crippen molar-refractivity contribution in [2.75, 3.05) is 6.54 Å². The number of benzene rings is 1. The van der Waals surface area contributed by atoms with Crippen molar-refractivity contribution in [1.82, 2.24) is 4.90 Å². The number of carbonyl (C=O) groups is 2. The minimum absolute atomic E-state index is 0.0823. The minimum Gasteiger partial charge on any atom is -0.481 e. The summed E-state index contributed by atoms with van der Waals surface area (Å²) in [5, 5.41) is 8.90. The maximum atomic E-state index is 12.8. The first-order chi connectivity index (χ1) is 10.9. The Morgan fingerprint density at radius 2 is 1.91 bits per heavy atom. The third-order valence-electron chi connectivity index (χ3n) is 4.79. The lowest BCUT2D eigenvalue weighted by atomic mass is 9.80. The standard InChI is InChI=1S/C19H27NO3/c1-19(2,15-8-4-3-5-9-15)14-17(21)20-13-7-6-10-16(20)11-12-18(22)23/h3-5,8-9,16H,6-7,10-14H2,1-2H3,(H,22,23). The highest BCUT2D eigenvalue weighted by Gasteiger charge is 2.31. The smallest absolute Gasteiger partial charge is 0.303 e. The quantitative estimate of drug-likeness (QED) is 0.872. The van der Waals surface area contributed by atoms with Gasteiger partial charge in [-0.2, -0.15) is 0 Å². The molecule has 2 rings (SSSR count). The monoisotopic (exact) mass is 317 g/mol. The van der Waals surface area contributed by atoms with Gasteiger partial charge in [-0.1, -0.05) is 44.2 Å². The van der Waals surface area contributed by atoms with E-state index in [1.165, 1.54) is 0 Å². The summed E-state index contributed by atoms with van der Waals surface area (Å²) >= 11 is 0. The molecule has 0 radical (unpaired) electrons. The average molecular weight is 317 g/mol. The van der Waals surface area contributed by atoms with E-state index in [-0.39, 0.29) is 23.8 Å². The number of nitrogens with zero attached hydrogens (tertiary/aromatic N) is 1. The molecule has 23 heavy (non-hydrogen) atoms. The van der Waals surface area contributed by atoms with Gasteiger partial charge in [0.15, 0.2) is 0 Å². The summed E-state index contributed by atoms with van der Waals surface area (Å²) in [5.74, 6) is -0.637. The van der Waals surface area contributed by atoms with Crippen LogP contribution in [0.1, 0.15) is 57.9 Å². The molecular weight excluding hydrogens is 290 g/mol. The van der Waals surface area contributed by atoms with Gasteiger partial charge in [0.1, 0.15) is 0 Å². The molecule has 1 unspecified atom stereocenters. The van der Waals surface area contributed by atoms with Crippen LogP contribution in [0.2, 0.25) is 0 Å². The summed E-state index contributed by atoms with van der Waals surface area (Å²) in [6.45, 7) is 4.95. The number of hydrogen-bond acceptors (Lipinski definition) is 2. The van der Waals surface area contributed by atoms with E-state index in [1.54, 1.807) is 0 Å². The molecule has 0 aliphatic carbocycles. The van der Waals surface area contributed by atoms with E-state index in [2.05, 4.69) is 26.0 Å². The fourth-order valence-electron chi connectivity index (χ4n) is 3.39. The van der Waals surface area contributed by atoms with Gasteiger partial charge in [-0.3, -0.25) is 9.59 Å². The van der Waals surface area contributed by atoms with Crippen LogP contribution in [0.25, 0.3) is 0 Å². The van der Waals surface area contributed by atoms with Gasteiger partial charge < -0.3 is 10.0 Å². The zero-order chi connectivity index (χ0) is 16.9. The highest BCUT2D eigenvalue weighted by atomic mass is 16.4. The molecule has 1 aromatic carbocycles. The largest absolute Gasteiger partial charge is 0.481 e. The Balaban J connectivity index is 2.03. The van der Waals surface area contributed by atoms with E-state index in [1.807, 2.05) is 23.1 Å². The first-order valence-electron chi connectivity index (χ1n) is 8.47. The van der Waals surface area contributed by atoms with Crippen molar-refractivity contribution in [1.29, 1.82) is 0 Å². The molecule has 1 saturated heterocycles. The molecule has 1 heterocycles. The van der Waals surface area contributed by atoms with Crippen molar-refractivity contribution in [3.8, 4) is 0 Å². The molecule has 0 saturated carbocycles. The highest BCUT2D eigenvalue weighted by molar-refractivity contribution is 5.78. The van der Waals surface area contributed by atoms with Crippen LogP contribution in [0.15, 0.2) is 30.3 Å². The van der Waals surface area contributed by atoms with Crippen molar-refractivity contribution in [2.45, 2.75) is 63.8 Å². The number of piperidine rings is 1. The van der Waals surface area contributed by atoms with Crippen LogP contribution in [0, 0.1) is 0 Å². The first-order valence-corrected chi connectivity index (χ1v) is 8.47. The summed E-state index contributed by atoms with van der Waals surface area (Å²) in [7, 11) is 0. The normalized spacial score (nSPS) is 18.7. The minimum atomic E-state index is -0.785. The Hall–Kier alpha value is -1.84. The third kappa shape index (κ3) is 4.81. The lowest BCUT2D eigenvalue weighted by Crippen LogP contribution is -2.45. The van der Waals surface area contributed by atoms with E-state index >= 15 is 0 Å². The van der Waals surface area contributed by atoms with E-state index in [0.29, 0.717) is 12.8 Å². The lowest BCUT2D eigenvalue weighted by molar-refractivity contribution is -0.140. The van der Waals surface area contributed by atoms with Crippen molar-refractivity contribution in [2.24, 2.45) is 0 Å². The van der Waals surface area contributed by atoms with E-state index in [9.17, 15) is 9.59 Å². The zero-order valence-corrected chi connectivity index (χ0v) is 14.1. The number of carbonyl (C=O) groups excluding carboxylic acids is 1. The fraction of sp³-hybridized carbons (Fsp3) is 0.579. The van der Waals surface area contributed by atoms with Crippen LogP contribution >= 0.6 is 0 Å². The molecule has 0 spiro atoms. The fourth-order valence-corrected chi connectivity index (χ4v) is 3.39. The second-order valence-electron chi connectivity index (χ2n) is 7.10.